The van der Waals surface area contributed by atoms with E-state index in [1.54, 1.807) is 12.1 Å². The number of rotatable bonds is 8. The average molecular weight is 378 g/mol. The highest BCUT2D eigenvalue weighted by molar-refractivity contribution is 5.87. The van der Waals surface area contributed by atoms with Gasteiger partial charge < -0.3 is 25.4 Å². The lowest BCUT2D eigenvalue weighted by Gasteiger charge is -2.18. The van der Waals surface area contributed by atoms with Crippen molar-refractivity contribution in [3.63, 3.8) is 0 Å². The molecule has 27 heavy (non-hydrogen) atoms. The minimum absolute atomic E-state index is 0.00116. The number of carbonyl (C=O) groups excluding carboxylic acids is 1. The van der Waals surface area contributed by atoms with Gasteiger partial charge in [-0.25, -0.2) is 14.0 Å². The van der Waals surface area contributed by atoms with Crippen LogP contribution in [0.25, 0.3) is 0 Å². The van der Waals surface area contributed by atoms with E-state index in [9.17, 15) is 24.2 Å². The van der Waals surface area contributed by atoms with Gasteiger partial charge in [-0.2, -0.15) is 0 Å². The van der Waals surface area contributed by atoms with Crippen LogP contribution in [0, 0.1) is 5.82 Å². The second-order valence-electron chi connectivity index (χ2n) is 5.68. The van der Waals surface area contributed by atoms with Gasteiger partial charge in [0.15, 0.2) is 5.82 Å². The maximum absolute atomic E-state index is 13.3. The summed E-state index contributed by atoms with van der Waals surface area (Å²) in [5.41, 5.74) is -0.0263. The van der Waals surface area contributed by atoms with Crippen molar-refractivity contribution in [2.75, 3.05) is 6.54 Å². The highest BCUT2D eigenvalue weighted by atomic mass is 19.1. The monoisotopic (exact) mass is 378 g/mol. The Morgan fingerprint density at radius 3 is 2.59 bits per heavy atom. The zero-order valence-electron chi connectivity index (χ0n) is 14.2. The molecule has 1 amide bonds. The zero-order valence-corrected chi connectivity index (χ0v) is 14.2. The molecule has 8 nitrogen and oxygen atoms in total. The van der Waals surface area contributed by atoms with Gasteiger partial charge in [-0.1, -0.05) is 30.3 Å². The molecule has 144 valence electrons. The number of carbonyl (C=O) groups is 2. The molecule has 2 aromatic rings. The molecule has 2 unspecified atom stereocenters. The fraction of sp³-hybridized carbons (Fsp3) is 0.278. The molecule has 1 aromatic heterocycles. The third-order valence-corrected chi connectivity index (χ3v) is 3.70. The molecular weight excluding hydrogens is 359 g/mol. The maximum Gasteiger partial charge on any atom is 0.407 e. The van der Waals surface area contributed by atoms with E-state index in [1.165, 1.54) is 0 Å². The van der Waals surface area contributed by atoms with E-state index in [2.05, 4.69) is 10.3 Å². The van der Waals surface area contributed by atoms with Crippen molar-refractivity contribution in [2.45, 2.75) is 25.2 Å². The lowest BCUT2D eigenvalue weighted by atomic mass is 10.1. The number of carboxylic acids is 1. The van der Waals surface area contributed by atoms with Crippen LogP contribution in [0.5, 0.6) is 0 Å². The molecule has 0 radical (unpaired) electrons. The first-order valence-electron chi connectivity index (χ1n) is 8.08. The van der Waals surface area contributed by atoms with Gasteiger partial charge in [0, 0.05) is 6.54 Å². The van der Waals surface area contributed by atoms with E-state index in [4.69, 9.17) is 9.84 Å². The number of aromatic carboxylic acids is 1. The Labute approximate surface area is 154 Å². The van der Waals surface area contributed by atoms with E-state index in [1.807, 2.05) is 18.2 Å². The Hall–Kier alpha value is -3.04. The molecule has 0 aliphatic heterocycles. The van der Waals surface area contributed by atoms with Gasteiger partial charge in [0.1, 0.15) is 12.7 Å². The quantitative estimate of drug-likeness (QED) is 0.549. The summed E-state index contributed by atoms with van der Waals surface area (Å²) >= 11 is 0. The zero-order chi connectivity index (χ0) is 19.8. The second-order valence-corrected chi connectivity index (χ2v) is 5.68. The number of nitrogens with one attached hydrogen (secondary N) is 1. The SMILES string of the molecule is O=C(NCCC(O)C(O)c1cc(C(=O)O)c(F)cn1)OCc1ccccc1. The number of aliphatic hydroxyl groups excluding tert-OH is 2. The predicted molar refractivity (Wildman–Crippen MR) is 91.4 cm³/mol. The fourth-order valence-corrected chi connectivity index (χ4v) is 2.23. The minimum Gasteiger partial charge on any atom is -0.478 e. The fourth-order valence-electron chi connectivity index (χ4n) is 2.23. The number of aromatic nitrogens is 1. The summed E-state index contributed by atoms with van der Waals surface area (Å²) in [6, 6.07) is 9.92. The van der Waals surface area contributed by atoms with Crippen LogP contribution in [-0.4, -0.2) is 45.0 Å². The second kappa shape index (κ2) is 9.60. The number of halogens is 1. The summed E-state index contributed by atoms with van der Waals surface area (Å²) in [5.74, 6) is -2.56. The van der Waals surface area contributed by atoms with Gasteiger partial charge in [-0.05, 0) is 18.1 Å². The summed E-state index contributed by atoms with van der Waals surface area (Å²) in [7, 11) is 0. The molecule has 0 aliphatic rings. The van der Waals surface area contributed by atoms with E-state index < -0.39 is 35.7 Å². The van der Waals surface area contributed by atoms with E-state index in [-0.39, 0.29) is 25.3 Å². The number of hydrogen-bond acceptors (Lipinski definition) is 6. The van der Waals surface area contributed by atoms with Crippen LogP contribution < -0.4 is 5.32 Å². The van der Waals surface area contributed by atoms with Crippen molar-refractivity contribution < 1.29 is 34.0 Å². The molecular formula is C18H19FN2O6. The molecule has 0 bridgehead atoms. The number of amides is 1. The maximum atomic E-state index is 13.3. The van der Waals surface area contributed by atoms with Crippen molar-refractivity contribution >= 4 is 12.1 Å². The Kier molecular flexibility index (Phi) is 7.21. The lowest BCUT2D eigenvalue weighted by Crippen LogP contribution is -2.30. The molecule has 9 heteroatoms. The highest BCUT2D eigenvalue weighted by Gasteiger charge is 2.22. The first kappa shape index (κ1) is 20.3. The number of alkyl carbamates (subject to hydrolysis) is 1. The van der Waals surface area contributed by atoms with Crippen LogP contribution in [-0.2, 0) is 11.3 Å². The van der Waals surface area contributed by atoms with Gasteiger partial charge in [0.05, 0.1) is 23.6 Å². The average Bonchev–Trinajstić information content (AvgIpc) is 2.66. The van der Waals surface area contributed by atoms with Crippen molar-refractivity contribution in [1.82, 2.24) is 10.3 Å². The number of pyridine rings is 1. The van der Waals surface area contributed by atoms with Crippen molar-refractivity contribution in [3.8, 4) is 0 Å². The Balaban J connectivity index is 1.79. The number of ether oxygens (including phenoxy) is 1. The molecule has 0 saturated heterocycles. The third-order valence-electron chi connectivity index (χ3n) is 3.70. The third kappa shape index (κ3) is 6.01. The summed E-state index contributed by atoms with van der Waals surface area (Å²) < 4.78 is 18.3. The normalized spacial score (nSPS) is 12.9. The minimum atomic E-state index is -1.54. The first-order valence-corrected chi connectivity index (χ1v) is 8.08. The number of benzene rings is 1. The molecule has 0 aliphatic carbocycles. The number of nitrogens with zero attached hydrogens (tertiary/aromatic N) is 1. The topological polar surface area (TPSA) is 129 Å². The van der Waals surface area contributed by atoms with Crippen LogP contribution in [0.2, 0.25) is 0 Å². The van der Waals surface area contributed by atoms with Gasteiger partial charge in [-0.3, -0.25) is 4.98 Å². The van der Waals surface area contributed by atoms with Crippen LogP contribution in [0.4, 0.5) is 9.18 Å². The van der Waals surface area contributed by atoms with Crippen molar-refractivity contribution in [1.29, 1.82) is 0 Å². The van der Waals surface area contributed by atoms with Gasteiger partial charge in [0.25, 0.3) is 0 Å². The van der Waals surface area contributed by atoms with Crippen LogP contribution >= 0.6 is 0 Å². The van der Waals surface area contributed by atoms with Gasteiger partial charge >= 0.3 is 12.1 Å². The highest BCUT2D eigenvalue weighted by Crippen LogP contribution is 2.19. The summed E-state index contributed by atoms with van der Waals surface area (Å²) in [6.07, 6.45) is -2.96. The standard InChI is InChI=1S/C18H19FN2O6/c19-13-9-21-14(8-12(13)17(24)25)16(23)15(22)6-7-20-18(26)27-10-11-4-2-1-3-5-11/h1-5,8-9,15-16,22-23H,6-7,10H2,(H,20,26)(H,24,25). The Morgan fingerprint density at radius 1 is 1.22 bits per heavy atom. The smallest absolute Gasteiger partial charge is 0.407 e. The van der Waals surface area contributed by atoms with E-state index >= 15 is 0 Å². The summed E-state index contributed by atoms with van der Waals surface area (Å²) in [5, 5.41) is 31.3. The molecule has 2 atom stereocenters. The molecule has 0 fully saturated rings. The molecule has 4 N–H and O–H groups in total. The van der Waals surface area contributed by atoms with Crippen molar-refractivity contribution in [2.24, 2.45) is 0 Å². The largest absolute Gasteiger partial charge is 0.478 e. The van der Waals surface area contributed by atoms with E-state index in [0.29, 0.717) is 6.20 Å². The molecule has 1 heterocycles. The number of aliphatic hydroxyl groups is 2. The van der Waals surface area contributed by atoms with Crippen LogP contribution in [0.15, 0.2) is 42.6 Å². The lowest BCUT2D eigenvalue weighted by molar-refractivity contribution is 0.0110. The molecule has 0 saturated carbocycles. The van der Waals surface area contributed by atoms with Crippen molar-refractivity contribution in [3.05, 3.63) is 65.2 Å². The number of carboxylic acid groups (broad SMARTS) is 1. The van der Waals surface area contributed by atoms with Gasteiger partial charge in [-0.15, -0.1) is 0 Å². The predicted octanol–water partition coefficient (Wildman–Crippen LogP) is 1.63. The van der Waals surface area contributed by atoms with Crippen LogP contribution in [0.1, 0.15) is 34.1 Å². The van der Waals surface area contributed by atoms with Crippen LogP contribution in [0.3, 0.4) is 0 Å². The summed E-state index contributed by atoms with van der Waals surface area (Å²) in [4.78, 5) is 26.1. The molecule has 0 spiro atoms. The number of hydrogen-bond donors (Lipinski definition) is 4. The molecule has 1 aromatic carbocycles. The Bertz CT molecular complexity index is 787. The van der Waals surface area contributed by atoms with Gasteiger partial charge in [0.2, 0.25) is 0 Å². The Morgan fingerprint density at radius 2 is 1.93 bits per heavy atom. The van der Waals surface area contributed by atoms with E-state index in [0.717, 1.165) is 11.6 Å². The summed E-state index contributed by atoms with van der Waals surface area (Å²) in [6.45, 7) is 0.0914. The first-order chi connectivity index (χ1) is 12.9. The molecule has 2 rings (SSSR count).